The number of likely N-dealkylation sites (N-methyl/N-ethyl adjacent to an activating group) is 1. The number of fused-ring (bicyclic) bond motifs is 1. The van der Waals surface area contributed by atoms with Gasteiger partial charge in [-0.15, -0.1) is 0 Å². The Morgan fingerprint density at radius 1 is 1.12 bits per heavy atom. The lowest BCUT2D eigenvalue weighted by Gasteiger charge is -2.41. The molecule has 2 heterocycles. The van der Waals surface area contributed by atoms with Crippen LogP contribution in [0.15, 0.2) is 42.1 Å². The van der Waals surface area contributed by atoms with E-state index in [0.29, 0.717) is 26.9 Å². The van der Waals surface area contributed by atoms with Gasteiger partial charge in [-0.1, -0.05) is 35.3 Å². The van der Waals surface area contributed by atoms with Crippen molar-refractivity contribution in [2.45, 2.75) is 32.9 Å². The molecule has 2 aliphatic rings. The molecule has 0 spiro atoms. The first-order chi connectivity index (χ1) is 15.5. The van der Waals surface area contributed by atoms with Crippen molar-refractivity contribution in [3.8, 4) is 5.75 Å². The molecule has 6 nitrogen and oxygen atoms in total. The molecule has 0 aromatic heterocycles. The summed E-state index contributed by atoms with van der Waals surface area (Å²) in [5.41, 5.74) is 4.69. The van der Waals surface area contributed by atoms with Crippen LogP contribution >= 0.6 is 23.2 Å². The van der Waals surface area contributed by atoms with Crippen molar-refractivity contribution in [1.82, 2.24) is 10.2 Å². The van der Waals surface area contributed by atoms with Crippen LogP contribution in [0.3, 0.4) is 0 Å². The maximum atomic E-state index is 13.0. The number of carbonyl (C=O) groups excluding carboxylic acids is 2. The van der Waals surface area contributed by atoms with Crippen molar-refractivity contribution in [1.29, 1.82) is 0 Å². The van der Waals surface area contributed by atoms with Crippen LogP contribution in [0.5, 0.6) is 5.75 Å². The molecular formula is C25H25Cl2N3O3. The van der Waals surface area contributed by atoms with E-state index < -0.39 is 11.9 Å². The van der Waals surface area contributed by atoms with E-state index in [1.54, 1.807) is 31.4 Å². The van der Waals surface area contributed by atoms with Crippen LogP contribution in [-0.2, 0) is 11.3 Å². The molecule has 1 saturated heterocycles. The number of carbonyl (C=O) groups is 2. The minimum Gasteiger partial charge on any atom is -0.496 e. The Morgan fingerprint density at radius 2 is 1.85 bits per heavy atom. The summed E-state index contributed by atoms with van der Waals surface area (Å²) in [6, 6.07) is 8.48. The summed E-state index contributed by atoms with van der Waals surface area (Å²) < 4.78 is 5.63. The zero-order chi connectivity index (χ0) is 24.1. The summed E-state index contributed by atoms with van der Waals surface area (Å²) in [4.78, 5) is 28.9. The second-order valence-corrected chi connectivity index (χ2v) is 9.59. The zero-order valence-electron chi connectivity index (χ0n) is 19.1. The molecule has 4 rings (SSSR count). The van der Waals surface area contributed by atoms with Gasteiger partial charge in [-0.25, -0.2) is 4.79 Å². The highest BCUT2D eigenvalue weighted by Gasteiger charge is 2.34. The number of hydrogen-bond acceptors (Lipinski definition) is 4. The van der Waals surface area contributed by atoms with Gasteiger partial charge in [0.15, 0.2) is 0 Å². The fraction of sp³-hybridized carbons (Fsp3) is 0.280. The van der Waals surface area contributed by atoms with Crippen molar-refractivity contribution in [2.24, 2.45) is 0 Å². The first kappa shape index (κ1) is 23.2. The minimum atomic E-state index is -0.494. The molecule has 2 aromatic rings. The van der Waals surface area contributed by atoms with E-state index in [0.717, 1.165) is 21.7 Å². The number of imide groups is 1. The van der Waals surface area contributed by atoms with E-state index in [-0.39, 0.29) is 17.8 Å². The number of anilines is 1. The molecule has 1 N–H and O–H groups in total. The average Bonchev–Trinajstić information content (AvgIpc) is 3.01. The molecule has 0 radical (unpaired) electrons. The molecule has 0 saturated carbocycles. The molecule has 0 bridgehead atoms. The maximum absolute atomic E-state index is 13.0. The van der Waals surface area contributed by atoms with Crippen molar-refractivity contribution in [3.63, 3.8) is 0 Å². The fourth-order valence-corrected chi connectivity index (χ4v) is 4.50. The lowest BCUT2D eigenvalue weighted by Crippen LogP contribution is -2.42. The van der Waals surface area contributed by atoms with Gasteiger partial charge in [-0.05, 0) is 56.2 Å². The normalized spacial score (nSPS) is 18.4. The fourth-order valence-electron chi connectivity index (χ4n) is 4.17. The van der Waals surface area contributed by atoms with Gasteiger partial charge < -0.3 is 15.0 Å². The summed E-state index contributed by atoms with van der Waals surface area (Å²) in [7, 11) is 3.63. The molecule has 0 aliphatic carbocycles. The summed E-state index contributed by atoms with van der Waals surface area (Å²) in [6.45, 7) is 6.45. The summed E-state index contributed by atoms with van der Waals surface area (Å²) >= 11 is 12.0. The van der Waals surface area contributed by atoms with Gasteiger partial charge >= 0.3 is 6.03 Å². The second kappa shape index (κ2) is 8.43. The molecular weight excluding hydrogens is 461 g/mol. The van der Waals surface area contributed by atoms with Crippen LogP contribution in [0.25, 0.3) is 11.6 Å². The summed E-state index contributed by atoms with van der Waals surface area (Å²) in [5, 5.41) is 3.45. The Bertz CT molecular complexity index is 1230. The lowest BCUT2D eigenvalue weighted by molar-refractivity contribution is -0.123. The highest BCUT2D eigenvalue weighted by Crippen LogP contribution is 2.41. The summed E-state index contributed by atoms with van der Waals surface area (Å²) in [6.07, 6.45) is 3.86. The Balaban J connectivity index is 1.68. The van der Waals surface area contributed by atoms with Gasteiger partial charge in [-0.3, -0.25) is 9.69 Å². The van der Waals surface area contributed by atoms with Gasteiger partial charge in [-0.2, -0.15) is 0 Å². The number of nitrogens with zero attached hydrogens (tertiary/aromatic N) is 2. The number of allylic oxidation sites excluding steroid dienone is 1. The third kappa shape index (κ3) is 4.21. The van der Waals surface area contributed by atoms with Crippen LogP contribution in [0.1, 0.15) is 37.5 Å². The number of nitrogens with one attached hydrogen (secondary N) is 1. The van der Waals surface area contributed by atoms with E-state index in [4.69, 9.17) is 27.9 Å². The molecule has 2 aromatic carbocycles. The summed E-state index contributed by atoms with van der Waals surface area (Å²) in [5.74, 6) is 0.194. The smallest absolute Gasteiger partial charge is 0.329 e. The number of halogens is 2. The Morgan fingerprint density at radius 3 is 2.52 bits per heavy atom. The number of urea groups is 1. The highest BCUT2D eigenvalue weighted by atomic mass is 35.5. The van der Waals surface area contributed by atoms with Gasteiger partial charge in [0.2, 0.25) is 0 Å². The average molecular weight is 486 g/mol. The largest absolute Gasteiger partial charge is 0.496 e. The van der Waals surface area contributed by atoms with Crippen LogP contribution in [0.4, 0.5) is 10.5 Å². The standard InChI is InChI=1S/C25H25Cl2N3O3/c1-14-12-25(2,3)29(4)21-11-22(33-5)16(9-17(14)21)10-20-23(31)30(24(32)28-20)13-15-6-7-18(26)19(27)8-15/h6-12H,13H2,1-5H3,(H,28,32)/b20-10+. The number of methoxy groups -OCH3 is 1. The molecule has 8 heteroatoms. The van der Waals surface area contributed by atoms with E-state index in [1.807, 2.05) is 19.2 Å². The Labute approximate surface area is 203 Å². The molecule has 3 amide bonds. The van der Waals surface area contributed by atoms with Crippen LogP contribution in [-0.4, -0.2) is 36.5 Å². The quantitative estimate of drug-likeness (QED) is 0.443. The molecule has 0 atom stereocenters. The van der Waals surface area contributed by atoms with Crippen molar-refractivity contribution < 1.29 is 14.3 Å². The first-order valence-corrected chi connectivity index (χ1v) is 11.2. The molecule has 33 heavy (non-hydrogen) atoms. The predicted octanol–water partition coefficient (Wildman–Crippen LogP) is 5.73. The minimum absolute atomic E-state index is 0.0853. The van der Waals surface area contributed by atoms with Crippen molar-refractivity contribution in [2.75, 3.05) is 19.1 Å². The maximum Gasteiger partial charge on any atom is 0.329 e. The van der Waals surface area contributed by atoms with Crippen molar-refractivity contribution >= 4 is 52.5 Å². The first-order valence-electron chi connectivity index (χ1n) is 10.5. The predicted molar refractivity (Wildman–Crippen MR) is 133 cm³/mol. The number of hydrogen-bond donors (Lipinski definition) is 1. The topological polar surface area (TPSA) is 61.9 Å². The molecule has 1 fully saturated rings. The Hall–Kier alpha value is -2.96. The third-order valence-corrected chi connectivity index (χ3v) is 6.89. The van der Waals surface area contributed by atoms with Gasteiger partial charge in [0.1, 0.15) is 11.4 Å². The zero-order valence-corrected chi connectivity index (χ0v) is 20.6. The monoisotopic (exact) mass is 485 g/mol. The number of amides is 3. The van der Waals surface area contributed by atoms with E-state index in [1.165, 1.54) is 0 Å². The van der Waals surface area contributed by atoms with Gasteiger partial charge in [0, 0.05) is 29.9 Å². The van der Waals surface area contributed by atoms with Crippen LogP contribution < -0.4 is 15.0 Å². The van der Waals surface area contributed by atoms with Crippen LogP contribution in [0, 0.1) is 0 Å². The SMILES string of the molecule is COc1cc2c(cc1/C=C1/NC(=O)N(Cc3ccc(Cl)c(Cl)c3)C1=O)C(C)=CC(C)(C)N2C. The molecule has 172 valence electrons. The number of benzene rings is 2. The van der Waals surface area contributed by atoms with E-state index >= 15 is 0 Å². The van der Waals surface area contributed by atoms with Gasteiger partial charge in [0.05, 0.1) is 29.2 Å². The highest BCUT2D eigenvalue weighted by molar-refractivity contribution is 6.42. The van der Waals surface area contributed by atoms with Crippen molar-refractivity contribution in [3.05, 3.63) is 68.8 Å². The third-order valence-electron chi connectivity index (χ3n) is 6.16. The number of rotatable bonds is 4. The molecule has 0 unspecified atom stereocenters. The lowest BCUT2D eigenvalue weighted by atomic mass is 9.88. The van der Waals surface area contributed by atoms with E-state index in [2.05, 4.69) is 37.1 Å². The van der Waals surface area contributed by atoms with Gasteiger partial charge in [0.25, 0.3) is 5.91 Å². The Kier molecular flexibility index (Phi) is 5.93. The van der Waals surface area contributed by atoms with E-state index in [9.17, 15) is 9.59 Å². The van der Waals surface area contributed by atoms with Crippen LogP contribution in [0.2, 0.25) is 10.0 Å². The number of ether oxygens (including phenoxy) is 1. The second-order valence-electron chi connectivity index (χ2n) is 8.78. The molecule has 2 aliphatic heterocycles.